The molecule has 0 spiro atoms. The summed E-state index contributed by atoms with van der Waals surface area (Å²) in [6.07, 6.45) is 81.6. The standard InChI is InChI=1S/C73H142O6/c1-4-7-10-13-16-19-22-25-27-29-30-31-32-33-34-35-36-37-38-39-40-41-42-43-44-45-47-48-51-54-57-60-63-66-72(75)78-69-70(68-77-71(74)65-62-59-56-53-50-24-21-18-15-12-9-6-3)79-73(76)67-64-61-58-55-52-49-46-28-26-23-20-17-14-11-8-5-2/h70H,4-69H2,1-3H3. The summed E-state index contributed by atoms with van der Waals surface area (Å²) in [5.74, 6) is -0.823. The lowest BCUT2D eigenvalue weighted by Crippen LogP contribution is -2.30. The molecule has 0 amide bonds. The quantitative estimate of drug-likeness (QED) is 0.0343. The molecule has 0 aliphatic carbocycles. The number of carbonyl (C=O) groups is 3. The lowest BCUT2D eigenvalue weighted by molar-refractivity contribution is -0.167. The molecular weight excluding hydrogens is 973 g/mol. The molecular formula is C73H142O6. The summed E-state index contributed by atoms with van der Waals surface area (Å²) in [5, 5.41) is 0. The van der Waals surface area contributed by atoms with Crippen molar-refractivity contribution in [1.82, 2.24) is 0 Å². The van der Waals surface area contributed by atoms with Crippen molar-refractivity contribution in [3.63, 3.8) is 0 Å². The second-order valence-corrected chi connectivity index (χ2v) is 25.2. The molecule has 0 aliphatic heterocycles. The average Bonchev–Trinajstić information content (AvgIpc) is 3.45. The zero-order chi connectivity index (χ0) is 57.1. The van der Waals surface area contributed by atoms with Gasteiger partial charge in [-0.15, -0.1) is 0 Å². The van der Waals surface area contributed by atoms with Crippen LogP contribution in [-0.4, -0.2) is 37.2 Å². The highest BCUT2D eigenvalue weighted by molar-refractivity contribution is 5.71. The van der Waals surface area contributed by atoms with E-state index in [1.54, 1.807) is 0 Å². The minimum absolute atomic E-state index is 0.0604. The molecule has 1 unspecified atom stereocenters. The maximum Gasteiger partial charge on any atom is 0.306 e. The van der Waals surface area contributed by atoms with Crippen LogP contribution in [0.1, 0.15) is 432 Å². The molecule has 0 fully saturated rings. The van der Waals surface area contributed by atoms with Crippen molar-refractivity contribution < 1.29 is 28.6 Å². The third kappa shape index (κ3) is 67.1. The van der Waals surface area contributed by atoms with Crippen molar-refractivity contribution in [2.45, 2.75) is 438 Å². The van der Waals surface area contributed by atoms with E-state index in [4.69, 9.17) is 14.2 Å². The first kappa shape index (κ1) is 77.4. The molecule has 0 saturated carbocycles. The van der Waals surface area contributed by atoms with Gasteiger partial charge in [0.2, 0.25) is 0 Å². The van der Waals surface area contributed by atoms with Crippen LogP contribution in [0.4, 0.5) is 0 Å². The van der Waals surface area contributed by atoms with Crippen LogP contribution >= 0.6 is 0 Å². The van der Waals surface area contributed by atoms with E-state index < -0.39 is 6.10 Å². The van der Waals surface area contributed by atoms with Crippen LogP contribution in [0.25, 0.3) is 0 Å². The van der Waals surface area contributed by atoms with E-state index in [0.717, 1.165) is 57.8 Å². The number of unbranched alkanes of at least 4 members (excludes halogenated alkanes) is 58. The van der Waals surface area contributed by atoms with Gasteiger partial charge in [-0.3, -0.25) is 14.4 Å². The van der Waals surface area contributed by atoms with Gasteiger partial charge in [0.05, 0.1) is 0 Å². The molecule has 0 aromatic heterocycles. The molecule has 0 aromatic carbocycles. The van der Waals surface area contributed by atoms with Crippen LogP contribution in [0.3, 0.4) is 0 Å². The van der Waals surface area contributed by atoms with E-state index in [2.05, 4.69) is 20.8 Å². The number of hydrogen-bond donors (Lipinski definition) is 0. The Balaban J connectivity index is 4.03. The molecule has 79 heavy (non-hydrogen) atoms. The third-order valence-electron chi connectivity index (χ3n) is 17.1. The fraction of sp³-hybridized carbons (Fsp3) is 0.959. The molecule has 6 nitrogen and oxygen atoms in total. The van der Waals surface area contributed by atoms with Crippen LogP contribution < -0.4 is 0 Å². The van der Waals surface area contributed by atoms with Gasteiger partial charge in [-0.2, -0.15) is 0 Å². The minimum atomic E-state index is -0.762. The Morgan fingerprint density at radius 2 is 0.342 bits per heavy atom. The summed E-state index contributed by atoms with van der Waals surface area (Å²) < 4.78 is 17.0. The lowest BCUT2D eigenvalue weighted by atomic mass is 10.0. The van der Waals surface area contributed by atoms with Gasteiger partial charge < -0.3 is 14.2 Å². The topological polar surface area (TPSA) is 78.9 Å². The predicted octanol–water partition coefficient (Wildman–Crippen LogP) is 25.0. The van der Waals surface area contributed by atoms with E-state index in [1.165, 1.54) is 334 Å². The Bertz CT molecular complexity index is 1190. The van der Waals surface area contributed by atoms with Gasteiger partial charge >= 0.3 is 17.9 Å². The van der Waals surface area contributed by atoms with Gasteiger partial charge in [0.25, 0.3) is 0 Å². The first-order valence-corrected chi connectivity index (χ1v) is 36.5. The molecule has 0 aromatic rings. The van der Waals surface area contributed by atoms with Crippen LogP contribution in [-0.2, 0) is 28.6 Å². The maximum absolute atomic E-state index is 12.9. The lowest BCUT2D eigenvalue weighted by Gasteiger charge is -2.18. The van der Waals surface area contributed by atoms with Crippen molar-refractivity contribution in [2.24, 2.45) is 0 Å². The number of ether oxygens (including phenoxy) is 3. The molecule has 0 heterocycles. The summed E-state index contributed by atoms with van der Waals surface area (Å²) in [4.78, 5) is 38.3. The second kappa shape index (κ2) is 68.9. The fourth-order valence-corrected chi connectivity index (χ4v) is 11.6. The van der Waals surface area contributed by atoms with E-state index in [1.807, 2.05) is 0 Å². The second-order valence-electron chi connectivity index (χ2n) is 25.2. The van der Waals surface area contributed by atoms with E-state index in [9.17, 15) is 14.4 Å². The van der Waals surface area contributed by atoms with Crippen molar-refractivity contribution in [3.05, 3.63) is 0 Å². The van der Waals surface area contributed by atoms with Crippen LogP contribution in [0, 0.1) is 0 Å². The SMILES string of the molecule is CCCCCCCCCCCCCCCCCCCCCCCCCCCCCCCCCCCC(=O)OCC(COC(=O)CCCCCCCCCCCCCC)OC(=O)CCCCCCCCCCCCCCCCCC. The third-order valence-corrected chi connectivity index (χ3v) is 17.1. The van der Waals surface area contributed by atoms with Crippen LogP contribution in [0.5, 0.6) is 0 Å². The molecule has 0 aliphatic rings. The average molecular weight is 1120 g/mol. The highest BCUT2D eigenvalue weighted by Crippen LogP contribution is 2.20. The molecule has 0 saturated heterocycles. The van der Waals surface area contributed by atoms with E-state index in [0.29, 0.717) is 19.3 Å². The predicted molar refractivity (Wildman–Crippen MR) is 344 cm³/mol. The van der Waals surface area contributed by atoms with Crippen molar-refractivity contribution in [1.29, 1.82) is 0 Å². The molecule has 0 N–H and O–H groups in total. The van der Waals surface area contributed by atoms with E-state index >= 15 is 0 Å². The summed E-state index contributed by atoms with van der Waals surface area (Å²) in [5.41, 5.74) is 0. The molecule has 0 radical (unpaired) electrons. The van der Waals surface area contributed by atoms with Crippen LogP contribution in [0.15, 0.2) is 0 Å². The highest BCUT2D eigenvalue weighted by atomic mass is 16.6. The summed E-state index contributed by atoms with van der Waals surface area (Å²) >= 11 is 0. The Labute approximate surface area is 495 Å². The first-order valence-electron chi connectivity index (χ1n) is 36.5. The zero-order valence-electron chi connectivity index (χ0n) is 54.2. The van der Waals surface area contributed by atoms with Crippen molar-refractivity contribution >= 4 is 17.9 Å². The highest BCUT2D eigenvalue weighted by Gasteiger charge is 2.20. The molecule has 1 atom stereocenters. The number of carbonyl (C=O) groups excluding carboxylic acids is 3. The summed E-state index contributed by atoms with van der Waals surface area (Å²) in [6.45, 7) is 6.73. The number of rotatable bonds is 69. The Kier molecular flexibility index (Phi) is 67.5. The van der Waals surface area contributed by atoms with E-state index in [-0.39, 0.29) is 31.1 Å². The first-order chi connectivity index (χ1) is 39.0. The maximum atomic E-state index is 12.9. The van der Waals surface area contributed by atoms with Crippen molar-refractivity contribution in [2.75, 3.05) is 13.2 Å². The van der Waals surface area contributed by atoms with Crippen molar-refractivity contribution in [3.8, 4) is 0 Å². The molecule has 470 valence electrons. The van der Waals surface area contributed by atoms with Gasteiger partial charge in [0.15, 0.2) is 6.10 Å². The summed E-state index contributed by atoms with van der Waals surface area (Å²) in [7, 11) is 0. The van der Waals surface area contributed by atoms with Crippen LogP contribution in [0.2, 0.25) is 0 Å². The Morgan fingerprint density at radius 3 is 0.506 bits per heavy atom. The molecule has 0 bridgehead atoms. The van der Waals surface area contributed by atoms with Gasteiger partial charge in [-0.1, -0.05) is 393 Å². The largest absolute Gasteiger partial charge is 0.462 e. The van der Waals surface area contributed by atoms with Gasteiger partial charge in [-0.25, -0.2) is 0 Å². The minimum Gasteiger partial charge on any atom is -0.462 e. The monoisotopic (exact) mass is 1120 g/mol. The molecule has 6 heteroatoms. The molecule has 0 rings (SSSR count). The Morgan fingerprint density at radius 1 is 0.203 bits per heavy atom. The Hall–Kier alpha value is -1.59. The smallest absolute Gasteiger partial charge is 0.306 e. The normalized spacial score (nSPS) is 11.9. The zero-order valence-corrected chi connectivity index (χ0v) is 54.2. The summed E-state index contributed by atoms with van der Waals surface area (Å²) in [6, 6.07) is 0. The number of esters is 3. The fourth-order valence-electron chi connectivity index (χ4n) is 11.6. The number of hydrogen-bond acceptors (Lipinski definition) is 6. The van der Waals surface area contributed by atoms with Gasteiger partial charge in [0.1, 0.15) is 13.2 Å². The van der Waals surface area contributed by atoms with Gasteiger partial charge in [-0.05, 0) is 19.3 Å². The van der Waals surface area contributed by atoms with Gasteiger partial charge in [0, 0.05) is 19.3 Å².